The Balaban J connectivity index is 0.00000102. The highest BCUT2D eigenvalue weighted by Gasteiger charge is 2.36. The van der Waals surface area contributed by atoms with Crippen molar-refractivity contribution >= 4 is 17.7 Å². The number of nitrogens with one attached hydrogen (secondary N) is 1. The fourth-order valence-corrected chi connectivity index (χ4v) is 3.20. The summed E-state index contributed by atoms with van der Waals surface area (Å²) in [6, 6.07) is 7.02. The van der Waals surface area contributed by atoms with Gasteiger partial charge in [-0.15, -0.1) is 0 Å². The lowest BCUT2D eigenvalue weighted by Crippen LogP contribution is -2.27. The summed E-state index contributed by atoms with van der Waals surface area (Å²) in [5.74, 6) is 1.01. The van der Waals surface area contributed by atoms with Gasteiger partial charge in [0.25, 0.3) is 0 Å². The first-order chi connectivity index (χ1) is 13.0. The molecule has 0 saturated carbocycles. The molecule has 0 aliphatic carbocycles. The highest BCUT2D eigenvalue weighted by Crippen LogP contribution is 2.41. The summed E-state index contributed by atoms with van der Waals surface area (Å²) in [6.07, 6.45) is 1.66. The number of aromatic nitrogens is 1. The van der Waals surface area contributed by atoms with E-state index in [0.717, 1.165) is 11.1 Å². The molecule has 3 heterocycles. The Morgan fingerprint density at radius 1 is 1.30 bits per heavy atom. The normalized spacial score (nSPS) is 19.6. The SMILES string of the molecule is CC.CC1c2cc(Oc3ccnc4c3CCC(=O)N4)ccc2OC1C(=O)O. The van der Waals surface area contributed by atoms with Crippen LogP contribution in [-0.4, -0.2) is 28.1 Å². The van der Waals surface area contributed by atoms with Crippen molar-refractivity contribution < 1.29 is 24.2 Å². The fraction of sp³-hybridized carbons (Fsp3) is 0.350. The van der Waals surface area contributed by atoms with Gasteiger partial charge in [-0.25, -0.2) is 9.78 Å². The number of benzene rings is 1. The third kappa shape index (κ3) is 3.58. The van der Waals surface area contributed by atoms with Gasteiger partial charge in [0, 0.05) is 29.7 Å². The fourth-order valence-electron chi connectivity index (χ4n) is 3.20. The van der Waals surface area contributed by atoms with E-state index in [4.69, 9.17) is 9.47 Å². The first-order valence-electron chi connectivity index (χ1n) is 9.02. The average molecular weight is 370 g/mol. The number of carbonyl (C=O) groups is 2. The summed E-state index contributed by atoms with van der Waals surface area (Å²) >= 11 is 0. The van der Waals surface area contributed by atoms with Crippen molar-refractivity contribution in [3.63, 3.8) is 0 Å². The number of fused-ring (bicyclic) bond motifs is 2. The zero-order valence-electron chi connectivity index (χ0n) is 15.5. The summed E-state index contributed by atoms with van der Waals surface area (Å²) in [7, 11) is 0. The number of amides is 1. The van der Waals surface area contributed by atoms with Crippen LogP contribution in [0.3, 0.4) is 0 Å². The molecule has 0 spiro atoms. The summed E-state index contributed by atoms with van der Waals surface area (Å²) in [5.41, 5.74) is 1.66. The van der Waals surface area contributed by atoms with Crippen LogP contribution in [0.15, 0.2) is 30.5 Å². The van der Waals surface area contributed by atoms with Gasteiger partial charge in [-0.3, -0.25) is 4.79 Å². The summed E-state index contributed by atoms with van der Waals surface area (Å²) in [6.45, 7) is 5.82. The number of anilines is 1. The minimum atomic E-state index is -0.981. The lowest BCUT2D eigenvalue weighted by Gasteiger charge is -2.19. The minimum absolute atomic E-state index is 0.0552. The van der Waals surface area contributed by atoms with Crippen molar-refractivity contribution in [3.8, 4) is 17.2 Å². The second kappa shape index (κ2) is 7.65. The summed E-state index contributed by atoms with van der Waals surface area (Å²) in [4.78, 5) is 26.9. The van der Waals surface area contributed by atoms with E-state index in [1.165, 1.54) is 0 Å². The Labute approximate surface area is 157 Å². The van der Waals surface area contributed by atoms with Crippen molar-refractivity contribution in [2.24, 2.45) is 0 Å². The van der Waals surface area contributed by atoms with E-state index < -0.39 is 12.1 Å². The number of carbonyl (C=O) groups excluding carboxylic acids is 1. The molecule has 1 amide bonds. The third-order valence-corrected chi connectivity index (χ3v) is 4.52. The van der Waals surface area contributed by atoms with Crippen molar-refractivity contribution in [1.29, 1.82) is 0 Å². The molecule has 142 valence electrons. The molecule has 1 aromatic carbocycles. The molecule has 7 heteroatoms. The number of carboxylic acid groups (broad SMARTS) is 1. The molecule has 1 aromatic heterocycles. The average Bonchev–Trinajstić information content (AvgIpc) is 3.00. The molecule has 4 rings (SSSR count). The minimum Gasteiger partial charge on any atom is -0.478 e. The van der Waals surface area contributed by atoms with E-state index in [2.05, 4.69) is 10.3 Å². The van der Waals surface area contributed by atoms with Gasteiger partial charge >= 0.3 is 5.97 Å². The second-order valence-electron chi connectivity index (χ2n) is 6.15. The smallest absolute Gasteiger partial charge is 0.345 e. The van der Waals surface area contributed by atoms with Crippen molar-refractivity contribution in [1.82, 2.24) is 4.98 Å². The van der Waals surface area contributed by atoms with Gasteiger partial charge in [-0.1, -0.05) is 20.8 Å². The predicted octanol–water partition coefficient (Wildman–Crippen LogP) is 3.73. The molecule has 0 bridgehead atoms. The van der Waals surface area contributed by atoms with Crippen LogP contribution >= 0.6 is 0 Å². The van der Waals surface area contributed by atoms with Gasteiger partial charge in [-0.05, 0) is 30.7 Å². The Bertz CT molecular complexity index is 881. The van der Waals surface area contributed by atoms with Crippen LogP contribution in [0.25, 0.3) is 0 Å². The number of hydrogen-bond donors (Lipinski definition) is 2. The van der Waals surface area contributed by atoms with Crippen molar-refractivity contribution in [3.05, 3.63) is 41.6 Å². The molecular weight excluding hydrogens is 348 g/mol. The zero-order chi connectivity index (χ0) is 19.6. The molecule has 2 aliphatic rings. The van der Waals surface area contributed by atoms with Gasteiger partial charge in [0.05, 0.1) is 0 Å². The molecule has 2 aromatic rings. The number of hydrogen-bond acceptors (Lipinski definition) is 5. The summed E-state index contributed by atoms with van der Waals surface area (Å²) in [5, 5.41) is 12.0. The molecule has 7 nitrogen and oxygen atoms in total. The van der Waals surface area contributed by atoms with Gasteiger partial charge in [0.15, 0.2) is 0 Å². The Kier molecular flexibility index (Phi) is 5.30. The second-order valence-corrected chi connectivity index (χ2v) is 6.15. The third-order valence-electron chi connectivity index (χ3n) is 4.52. The molecular formula is C20H22N2O5. The van der Waals surface area contributed by atoms with E-state index in [1.807, 2.05) is 20.8 Å². The highest BCUT2D eigenvalue weighted by atomic mass is 16.5. The van der Waals surface area contributed by atoms with Gasteiger partial charge < -0.3 is 19.9 Å². The number of pyridine rings is 1. The molecule has 27 heavy (non-hydrogen) atoms. The van der Waals surface area contributed by atoms with Crippen LogP contribution in [0.4, 0.5) is 5.82 Å². The van der Waals surface area contributed by atoms with Crippen molar-refractivity contribution in [2.45, 2.75) is 45.6 Å². The molecule has 2 unspecified atom stereocenters. The monoisotopic (exact) mass is 370 g/mol. The number of nitrogens with zero attached hydrogens (tertiary/aromatic N) is 1. The number of aliphatic carboxylic acids is 1. The van der Waals surface area contributed by atoms with E-state index in [1.54, 1.807) is 30.5 Å². The quantitative estimate of drug-likeness (QED) is 0.854. The Morgan fingerprint density at radius 2 is 2.07 bits per heavy atom. The predicted molar refractivity (Wildman–Crippen MR) is 99.5 cm³/mol. The molecule has 0 fully saturated rings. The summed E-state index contributed by atoms with van der Waals surface area (Å²) < 4.78 is 11.5. The van der Waals surface area contributed by atoms with Crippen LogP contribution < -0.4 is 14.8 Å². The standard InChI is InChI=1S/C18H16N2O5.C2H6/c1-9-12-8-10(2-4-13(12)25-16(9)18(22)23)24-14-6-7-19-17-11(14)3-5-15(21)20-17;1-2/h2,4,6-9,16H,3,5H2,1H3,(H,22,23)(H,19,20,21);1-2H3. The molecule has 2 N–H and O–H groups in total. The number of ether oxygens (including phenoxy) is 2. The van der Waals surface area contributed by atoms with E-state index in [-0.39, 0.29) is 11.8 Å². The lowest BCUT2D eigenvalue weighted by molar-refractivity contribution is -0.145. The zero-order valence-corrected chi connectivity index (χ0v) is 15.5. The Hall–Kier alpha value is -3.09. The number of carboxylic acids is 1. The highest BCUT2D eigenvalue weighted by molar-refractivity contribution is 5.93. The maximum absolute atomic E-state index is 11.5. The Morgan fingerprint density at radius 3 is 2.81 bits per heavy atom. The van der Waals surface area contributed by atoms with Crippen LogP contribution in [0.1, 0.15) is 44.2 Å². The van der Waals surface area contributed by atoms with E-state index in [9.17, 15) is 14.7 Å². The first kappa shape index (κ1) is 18.7. The van der Waals surface area contributed by atoms with Gasteiger partial charge in [0.1, 0.15) is 23.1 Å². The van der Waals surface area contributed by atoms with Crippen LogP contribution in [0, 0.1) is 0 Å². The lowest BCUT2D eigenvalue weighted by atomic mass is 9.97. The molecule has 0 radical (unpaired) electrons. The molecule has 2 aliphatic heterocycles. The van der Waals surface area contributed by atoms with E-state index >= 15 is 0 Å². The largest absolute Gasteiger partial charge is 0.478 e. The van der Waals surface area contributed by atoms with Crippen LogP contribution in [0.5, 0.6) is 17.2 Å². The van der Waals surface area contributed by atoms with Gasteiger partial charge in [-0.2, -0.15) is 0 Å². The maximum Gasteiger partial charge on any atom is 0.345 e. The molecule has 2 atom stereocenters. The van der Waals surface area contributed by atoms with Crippen molar-refractivity contribution in [2.75, 3.05) is 5.32 Å². The topological polar surface area (TPSA) is 97.8 Å². The van der Waals surface area contributed by atoms with Crippen LogP contribution in [0.2, 0.25) is 0 Å². The maximum atomic E-state index is 11.5. The number of rotatable bonds is 3. The van der Waals surface area contributed by atoms with Gasteiger partial charge in [0.2, 0.25) is 12.0 Å². The van der Waals surface area contributed by atoms with Crippen LogP contribution in [-0.2, 0) is 16.0 Å². The van der Waals surface area contributed by atoms with E-state index in [0.29, 0.717) is 35.9 Å². The first-order valence-corrected chi connectivity index (χ1v) is 9.02. The molecule has 0 saturated heterocycles.